The van der Waals surface area contributed by atoms with Crippen LogP contribution in [0.5, 0.6) is 0 Å². The Morgan fingerprint density at radius 2 is 2.09 bits per heavy atom. The molecule has 7 nitrogen and oxygen atoms in total. The number of pyridine rings is 1. The van der Waals surface area contributed by atoms with Gasteiger partial charge in [-0.2, -0.15) is 4.31 Å². The van der Waals surface area contributed by atoms with Crippen molar-refractivity contribution in [1.82, 2.24) is 14.2 Å². The number of hydrogen-bond donors (Lipinski definition) is 0. The van der Waals surface area contributed by atoms with Crippen LogP contribution in [0.3, 0.4) is 0 Å². The summed E-state index contributed by atoms with van der Waals surface area (Å²) in [6, 6.07) is 3.29. The Morgan fingerprint density at radius 1 is 1.30 bits per heavy atom. The summed E-state index contributed by atoms with van der Waals surface area (Å²) in [4.78, 5) is 18.3. The summed E-state index contributed by atoms with van der Waals surface area (Å²) >= 11 is 0. The number of likely N-dealkylation sites (tertiary alicyclic amines) is 1. The molecule has 2 aliphatic heterocycles. The van der Waals surface area contributed by atoms with Crippen LogP contribution in [-0.2, 0) is 14.8 Å². The van der Waals surface area contributed by atoms with Crippen LogP contribution in [0, 0.1) is 0 Å². The third-order valence-electron chi connectivity index (χ3n) is 4.44. The summed E-state index contributed by atoms with van der Waals surface area (Å²) in [5.74, 6) is -0.0670. The normalized spacial score (nSPS) is 26.4. The van der Waals surface area contributed by atoms with Crippen LogP contribution < -0.4 is 0 Å². The molecule has 0 aliphatic carbocycles. The van der Waals surface area contributed by atoms with Crippen LogP contribution in [0.1, 0.15) is 23.2 Å². The quantitative estimate of drug-likeness (QED) is 0.777. The van der Waals surface area contributed by atoms with Crippen molar-refractivity contribution in [1.29, 1.82) is 0 Å². The number of ether oxygens (including phenoxy) is 1. The summed E-state index contributed by atoms with van der Waals surface area (Å²) in [5, 5.41) is 0. The number of carbonyl (C=O) groups is 1. The molecule has 126 valence electrons. The van der Waals surface area contributed by atoms with Crippen LogP contribution in [0.25, 0.3) is 0 Å². The molecule has 2 atom stereocenters. The van der Waals surface area contributed by atoms with E-state index in [0.717, 1.165) is 0 Å². The molecule has 3 rings (SSSR count). The molecular formula is C15H21N3O4S. The van der Waals surface area contributed by atoms with Crippen molar-refractivity contribution in [2.45, 2.75) is 25.0 Å². The van der Waals surface area contributed by atoms with Crippen molar-refractivity contribution < 1.29 is 17.9 Å². The lowest BCUT2D eigenvalue weighted by atomic mass is 10.0. The van der Waals surface area contributed by atoms with Crippen LogP contribution in [-0.4, -0.2) is 73.2 Å². The molecule has 0 N–H and O–H groups in total. The fraction of sp³-hybridized carbons (Fsp3) is 0.600. The van der Waals surface area contributed by atoms with Gasteiger partial charge in [0, 0.05) is 32.0 Å². The summed E-state index contributed by atoms with van der Waals surface area (Å²) in [5.41, 5.74) is 0.554. The zero-order chi connectivity index (χ0) is 16.4. The smallest absolute Gasteiger partial charge is 0.255 e. The number of rotatable bonds is 2. The molecule has 0 radical (unpaired) electrons. The summed E-state index contributed by atoms with van der Waals surface area (Å²) in [6.07, 6.45) is 5.50. The maximum absolute atomic E-state index is 12.5. The number of amides is 1. The zero-order valence-electron chi connectivity index (χ0n) is 13.1. The molecule has 1 aromatic rings. The molecule has 0 spiro atoms. The molecule has 2 aliphatic rings. The van der Waals surface area contributed by atoms with E-state index in [4.69, 9.17) is 4.74 Å². The fourth-order valence-electron chi connectivity index (χ4n) is 3.33. The van der Waals surface area contributed by atoms with E-state index in [0.29, 0.717) is 44.6 Å². The van der Waals surface area contributed by atoms with Gasteiger partial charge >= 0.3 is 0 Å². The second-order valence-electron chi connectivity index (χ2n) is 5.96. The Morgan fingerprint density at radius 3 is 2.78 bits per heavy atom. The number of morpholine rings is 1. The van der Waals surface area contributed by atoms with E-state index in [1.54, 1.807) is 29.4 Å². The lowest BCUT2D eigenvalue weighted by Crippen LogP contribution is -2.53. The first-order chi connectivity index (χ1) is 11.0. The minimum atomic E-state index is -3.26. The molecule has 23 heavy (non-hydrogen) atoms. The highest BCUT2D eigenvalue weighted by molar-refractivity contribution is 7.88. The Labute approximate surface area is 136 Å². The molecule has 0 saturated carbocycles. The van der Waals surface area contributed by atoms with E-state index in [2.05, 4.69) is 4.98 Å². The molecule has 1 amide bonds. The summed E-state index contributed by atoms with van der Waals surface area (Å²) < 4.78 is 31.2. The number of nitrogens with zero attached hydrogens (tertiary/aromatic N) is 3. The minimum absolute atomic E-state index is 0.0670. The lowest BCUT2D eigenvalue weighted by molar-refractivity contribution is -0.0406. The monoisotopic (exact) mass is 339 g/mol. The molecule has 1 aromatic heterocycles. The predicted octanol–water partition coefficient (Wildman–Crippen LogP) is 0.347. The Kier molecular flexibility index (Phi) is 4.65. The molecule has 3 heterocycles. The summed E-state index contributed by atoms with van der Waals surface area (Å²) in [6.45, 7) is 1.87. The first-order valence-corrected chi connectivity index (χ1v) is 9.59. The minimum Gasteiger partial charge on any atom is -0.375 e. The Hall–Kier alpha value is -1.51. The van der Waals surface area contributed by atoms with Gasteiger partial charge in [-0.05, 0) is 25.0 Å². The van der Waals surface area contributed by atoms with E-state index < -0.39 is 10.0 Å². The van der Waals surface area contributed by atoms with Crippen LogP contribution in [0.4, 0.5) is 0 Å². The molecule has 2 fully saturated rings. The van der Waals surface area contributed by atoms with Gasteiger partial charge in [0.25, 0.3) is 5.91 Å². The Bertz CT molecular complexity index is 665. The third-order valence-corrected chi connectivity index (χ3v) is 5.75. The number of fused-ring (bicyclic) bond motifs is 1. The Balaban J connectivity index is 1.75. The molecule has 2 unspecified atom stereocenters. The molecule has 2 saturated heterocycles. The number of aromatic nitrogens is 1. The highest BCUT2D eigenvalue weighted by Gasteiger charge is 2.39. The number of hydrogen-bond acceptors (Lipinski definition) is 5. The van der Waals surface area contributed by atoms with Crippen molar-refractivity contribution in [3.05, 3.63) is 30.1 Å². The van der Waals surface area contributed by atoms with E-state index in [1.165, 1.54) is 10.6 Å². The van der Waals surface area contributed by atoms with E-state index in [1.807, 2.05) is 0 Å². The standard InChI is InChI=1S/C15H21N3O4S/c1-23(20,21)18-9-10-22-14-5-8-17(7-4-13(14)18)15(19)12-3-2-6-16-11-12/h2-3,6,11,13-14H,4-5,7-10H2,1H3. The van der Waals surface area contributed by atoms with Crippen molar-refractivity contribution in [3.63, 3.8) is 0 Å². The first-order valence-electron chi connectivity index (χ1n) is 7.74. The summed E-state index contributed by atoms with van der Waals surface area (Å²) in [7, 11) is -3.26. The van der Waals surface area contributed by atoms with Crippen molar-refractivity contribution >= 4 is 15.9 Å². The number of sulfonamides is 1. The van der Waals surface area contributed by atoms with Crippen molar-refractivity contribution in [2.75, 3.05) is 32.5 Å². The second kappa shape index (κ2) is 6.54. The molecule has 8 heteroatoms. The van der Waals surface area contributed by atoms with E-state index in [-0.39, 0.29) is 18.1 Å². The van der Waals surface area contributed by atoms with Crippen LogP contribution >= 0.6 is 0 Å². The largest absolute Gasteiger partial charge is 0.375 e. The van der Waals surface area contributed by atoms with Gasteiger partial charge in [-0.15, -0.1) is 0 Å². The van der Waals surface area contributed by atoms with E-state index in [9.17, 15) is 13.2 Å². The molecule has 0 aromatic carbocycles. The van der Waals surface area contributed by atoms with Gasteiger partial charge < -0.3 is 9.64 Å². The fourth-order valence-corrected chi connectivity index (χ4v) is 4.47. The lowest BCUT2D eigenvalue weighted by Gasteiger charge is -2.38. The van der Waals surface area contributed by atoms with Gasteiger partial charge in [-0.25, -0.2) is 8.42 Å². The SMILES string of the molecule is CS(=O)(=O)N1CCOC2CCN(C(=O)c3cccnc3)CCC21. The van der Waals surface area contributed by atoms with Crippen molar-refractivity contribution in [2.24, 2.45) is 0 Å². The van der Waals surface area contributed by atoms with Crippen LogP contribution in [0.15, 0.2) is 24.5 Å². The maximum atomic E-state index is 12.5. The van der Waals surface area contributed by atoms with Crippen molar-refractivity contribution in [3.8, 4) is 0 Å². The molecular weight excluding hydrogens is 318 g/mol. The topological polar surface area (TPSA) is 79.8 Å². The zero-order valence-corrected chi connectivity index (χ0v) is 13.9. The second-order valence-corrected chi connectivity index (χ2v) is 7.90. The predicted molar refractivity (Wildman–Crippen MR) is 84.5 cm³/mol. The maximum Gasteiger partial charge on any atom is 0.255 e. The van der Waals surface area contributed by atoms with Gasteiger partial charge in [0.05, 0.1) is 30.6 Å². The van der Waals surface area contributed by atoms with Gasteiger partial charge in [0.15, 0.2) is 0 Å². The average molecular weight is 339 g/mol. The highest BCUT2D eigenvalue weighted by atomic mass is 32.2. The van der Waals surface area contributed by atoms with Gasteiger partial charge in [0.2, 0.25) is 10.0 Å². The van der Waals surface area contributed by atoms with Gasteiger partial charge in [-0.1, -0.05) is 0 Å². The first kappa shape index (κ1) is 16.4. The van der Waals surface area contributed by atoms with E-state index >= 15 is 0 Å². The van der Waals surface area contributed by atoms with Gasteiger partial charge in [-0.3, -0.25) is 9.78 Å². The average Bonchev–Trinajstić information content (AvgIpc) is 2.76. The highest BCUT2D eigenvalue weighted by Crippen LogP contribution is 2.26. The van der Waals surface area contributed by atoms with Crippen LogP contribution in [0.2, 0.25) is 0 Å². The number of carbonyl (C=O) groups excluding carboxylic acids is 1. The third kappa shape index (κ3) is 3.54. The van der Waals surface area contributed by atoms with Gasteiger partial charge in [0.1, 0.15) is 0 Å². The molecule has 0 bridgehead atoms.